The van der Waals surface area contributed by atoms with Gasteiger partial charge in [0.05, 0.1) is 0 Å². The second-order valence-corrected chi connectivity index (χ2v) is 8.34. The normalized spacial score (nSPS) is 22.3. The van der Waals surface area contributed by atoms with Crippen LogP contribution in [0.5, 0.6) is 0 Å². The average Bonchev–Trinajstić information content (AvgIpc) is 2.69. The summed E-state index contributed by atoms with van der Waals surface area (Å²) < 4.78 is 12.9. The Bertz CT molecular complexity index is 628. The highest BCUT2D eigenvalue weighted by molar-refractivity contribution is 5.80. The first-order valence-corrected chi connectivity index (χ1v) is 10.7. The summed E-state index contributed by atoms with van der Waals surface area (Å²) in [5.74, 6) is 1.81. The molecule has 3 rings (SSSR count). The predicted molar refractivity (Wildman–Crippen MR) is 105 cm³/mol. The van der Waals surface area contributed by atoms with Crippen molar-refractivity contribution in [2.75, 3.05) is 13.1 Å². The molecule has 1 saturated heterocycles. The molecule has 1 amide bonds. The molecule has 2 unspecified atom stereocenters. The fourth-order valence-electron chi connectivity index (χ4n) is 4.68. The monoisotopic (exact) mass is 373 g/mol. The van der Waals surface area contributed by atoms with Gasteiger partial charge < -0.3 is 4.90 Å². The van der Waals surface area contributed by atoms with Gasteiger partial charge in [-0.15, -0.1) is 0 Å². The van der Waals surface area contributed by atoms with Crippen molar-refractivity contribution in [3.8, 4) is 0 Å². The van der Waals surface area contributed by atoms with E-state index in [9.17, 15) is 14.0 Å². The molecule has 148 valence electrons. The summed E-state index contributed by atoms with van der Waals surface area (Å²) >= 11 is 0. The fraction of sp³-hybridized carbons (Fsp3) is 0.652. The molecule has 0 N–H and O–H groups in total. The zero-order valence-electron chi connectivity index (χ0n) is 16.3. The summed E-state index contributed by atoms with van der Waals surface area (Å²) in [5.41, 5.74) is 0.864. The molecule has 1 aliphatic heterocycles. The molecule has 1 aromatic carbocycles. The van der Waals surface area contributed by atoms with E-state index in [0.717, 1.165) is 49.8 Å². The molecular formula is C23H32FNO2. The second-order valence-electron chi connectivity index (χ2n) is 8.34. The number of likely N-dealkylation sites (tertiary alicyclic amines) is 1. The highest BCUT2D eigenvalue weighted by Gasteiger charge is 2.32. The van der Waals surface area contributed by atoms with E-state index in [1.165, 1.54) is 44.2 Å². The van der Waals surface area contributed by atoms with E-state index in [1.54, 1.807) is 12.1 Å². The maximum absolute atomic E-state index is 12.9. The summed E-state index contributed by atoms with van der Waals surface area (Å²) in [7, 11) is 0. The number of hydrogen-bond donors (Lipinski definition) is 0. The number of nitrogens with zero attached hydrogens (tertiary/aromatic N) is 1. The average molecular weight is 374 g/mol. The Hall–Kier alpha value is -1.71. The Morgan fingerprint density at radius 1 is 0.926 bits per heavy atom. The van der Waals surface area contributed by atoms with Crippen LogP contribution in [0.2, 0.25) is 0 Å². The summed E-state index contributed by atoms with van der Waals surface area (Å²) in [6.45, 7) is 1.91. The number of benzene rings is 1. The number of amides is 1. The summed E-state index contributed by atoms with van der Waals surface area (Å²) in [5, 5.41) is 0. The van der Waals surface area contributed by atoms with E-state index >= 15 is 0 Å². The van der Waals surface area contributed by atoms with E-state index in [0.29, 0.717) is 25.2 Å². The van der Waals surface area contributed by atoms with Gasteiger partial charge in [-0.25, -0.2) is 4.39 Å². The van der Waals surface area contributed by atoms with Crippen LogP contribution in [0.4, 0.5) is 4.39 Å². The third kappa shape index (κ3) is 6.15. The van der Waals surface area contributed by atoms with Gasteiger partial charge in [0, 0.05) is 32.4 Å². The third-order valence-corrected chi connectivity index (χ3v) is 6.30. The van der Waals surface area contributed by atoms with E-state index in [-0.39, 0.29) is 11.6 Å². The molecule has 2 aliphatic rings. The zero-order chi connectivity index (χ0) is 19.1. The van der Waals surface area contributed by atoms with Gasteiger partial charge in [-0.2, -0.15) is 0 Å². The number of ketones is 1. The van der Waals surface area contributed by atoms with Crippen molar-refractivity contribution in [2.24, 2.45) is 11.8 Å². The van der Waals surface area contributed by atoms with Gasteiger partial charge in [-0.3, -0.25) is 9.59 Å². The topological polar surface area (TPSA) is 37.4 Å². The molecule has 0 bridgehead atoms. The van der Waals surface area contributed by atoms with Crippen molar-refractivity contribution in [1.82, 2.24) is 4.90 Å². The van der Waals surface area contributed by atoms with E-state index in [2.05, 4.69) is 4.90 Å². The molecule has 1 heterocycles. The molecular weight excluding hydrogens is 341 g/mol. The van der Waals surface area contributed by atoms with Crippen LogP contribution >= 0.6 is 0 Å². The van der Waals surface area contributed by atoms with Gasteiger partial charge in [0.15, 0.2) is 0 Å². The van der Waals surface area contributed by atoms with Gasteiger partial charge in [0.1, 0.15) is 11.6 Å². The Labute approximate surface area is 162 Å². The summed E-state index contributed by atoms with van der Waals surface area (Å²) in [6, 6.07) is 6.12. The first-order valence-electron chi connectivity index (χ1n) is 10.7. The van der Waals surface area contributed by atoms with Gasteiger partial charge >= 0.3 is 0 Å². The van der Waals surface area contributed by atoms with E-state index in [4.69, 9.17) is 0 Å². The van der Waals surface area contributed by atoms with Crippen LogP contribution in [0.3, 0.4) is 0 Å². The highest BCUT2D eigenvalue weighted by atomic mass is 19.1. The Morgan fingerprint density at radius 3 is 2.41 bits per heavy atom. The molecule has 1 aromatic rings. The van der Waals surface area contributed by atoms with Crippen LogP contribution in [0.15, 0.2) is 24.3 Å². The number of rotatable bonds is 8. The summed E-state index contributed by atoms with van der Waals surface area (Å²) in [6.07, 6.45) is 10.7. The minimum atomic E-state index is -0.274. The lowest BCUT2D eigenvalue weighted by atomic mass is 9.75. The molecule has 3 nitrogen and oxygen atoms in total. The van der Waals surface area contributed by atoms with Crippen molar-refractivity contribution < 1.29 is 14.0 Å². The number of Topliss-reactive ketones (excluding diaryl/α,β-unsaturated/α-hetero) is 1. The first-order chi connectivity index (χ1) is 13.1. The minimum absolute atomic E-state index is 0.187. The Kier molecular flexibility index (Phi) is 7.42. The molecule has 2 atom stereocenters. The SMILES string of the molecule is O=C(CCCCCC(=O)N1CCC2CCCCC2C1)Cc1ccc(F)cc1. The van der Waals surface area contributed by atoms with Gasteiger partial charge in [-0.1, -0.05) is 37.8 Å². The first kappa shape index (κ1) is 20.0. The standard InChI is InChI=1S/C23H32FNO2/c24-21-12-10-18(11-13-21)16-22(26)8-2-1-3-9-23(27)25-15-14-19-6-4-5-7-20(19)17-25/h10-13,19-20H,1-9,14-17H2. The van der Waals surface area contributed by atoms with Crippen LogP contribution in [-0.2, 0) is 16.0 Å². The van der Waals surface area contributed by atoms with Crippen LogP contribution in [0, 0.1) is 17.7 Å². The van der Waals surface area contributed by atoms with Crippen molar-refractivity contribution in [3.05, 3.63) is 35.6 Å². The van der Waals surface area contributed by atoms with E-state index < -0.39 is 0 Å². The van der Waals surface area contributed by atoms with Gasteiger partial charge in [-0.05, 0) is 55.2 Å². The molecule has 0 radical (unpaired) electrons. The molecule has 1 aliphatic carbocycles. The Balaban J connectivity index is 1.28. The minimum Gasteiger partial charge on any atom is -0.342 e. The maximum atomic E-state index is 12.9. The third-order valence-electron chi connectivity index (χ3n) is 6.30. The smallest absolute Gasteiger partial charge is 0.222 e. The van der Waals surface area contributed by atoms with E-state index in [1.807, 2.05) is 0 Å². The van der Waals surface area contributed by atoms with Crippen LogP contribution < -0.4 is 0 Å². The van der Waals surface area contributed by atoms with Crippen LogP contribution in [0.1, 0.15) is 69.8 Å². The number of hydrogen-bond acceptors (Lipinski definition) is 2. The number of fused-ring (bicyclic) bond motifs is 1. The van der Waals surface area contributed by atoms with Crippen molar-refractivity contribution >= 4 is 11.7 Å². The second kappa shape index (κ2) is 10.0. The molecule has 0 aromatic heterocycles. The number of carbonyl (C=O) groups is 2. The highest BCUT2D eigenvalue weighted by Crippen LogP contribution is 2.36. The van der Waals surface area contributed by atoms with Gasteiger partial charge in [0.2, 0.25) is 5.91 Å². The number of carbonyl (C=O) groups excluding carboxylic acids is 2. The number of unbranched alkanes of at least 4 members (excludes halogenated alkanes) is 2. The molecule has 0 spiro atoms. The quantitative estimate of drug-likeness (QED) is 0.606. The molecule has 27 heavy (non-hydrogen) atoms. The van der Waals surface area contributed by atoms with Crippen molar-refractivity contribution in [2.45, 2.75) is 70.6 Å². The summed E-state index contributed by atoms with van der Waals surface area (Å²) in [4.78, 5) is 26.6. The van der Waals surface area contributed by atoms with Crippen LogP contribution in [0.25, 0.3) is 0 Å². The van der Waals surface area contributed by atoms with Crippen molar-refractivity contribution in [1.29, 1.82) is 0 Å². The zero-order valence-corrected chi connectivity index (χ0v) is 16.3. The lowest BCUT2D eigenvalue weighted by Gasteiger charge is -2.41. The molecule has 4 heteroatoms. The Morgan fingerprint density at radius 2 is 1.63 bits per heavy atom. The van der Waals surface area contributed by atoms with Crippen molar-refractivity contribution in [3.63, 3.8) is 0 Å². The fourth-order valence-corrected chi connectivity index (χ4v) is 4.68. The molecule has 1 saturated carbocycles. The lowest BCUT2D eigenvalue weighted by molar-refractivity contribution is -0.134. The van der Waals surface area contributed by atoms with Crippen LogP contribution in [-0.4, -0.2) is 29.7 Å². The number of piperidine rings is 1. The predicted octanol–water partition coefficient (Wildman–Crippen LogP) is 4.93. The number of halogens is 1. The largest absolute Gasteiger partial charge is 0.342 e. The van der Waals surface area contributed by atoms with Gasteiger partial charge in [0.25, 0.3) is 0 Å². The maximum Gasteiger partial charge on any atom is 0.222 e. The molecule has 2 fully saturated rings. The lowest BCUT2D eigenvalue weighted by Crippen LogP contribution is -2.44.